The third kappa shape index (κ3) is 2.33. The summed E-state index contributed by atoms with van der Waals surface area (Å²) in [6, 6.07) is 6.68. The van der Waals surface area contributed by atoms with Crippen LogP contribution in [0.4, 0.5) is 0 Å². The maximum Gasteiger partial charge on any atom is 0.335 e. The number of hydrogen-bond acceptors (Lipinski definition) is 2. The van der Waals surface area contributed by atoms with Gasteiger partial charge in [0.2, 0.25) is 0 Å². The molecule has 0 heterocycles. The topological polar surface area (TPSA) is 63.3 Å². The molecule has 0 aromatic heterocycles. The summed E-state index contributed by atoms with van der Waals surface area (Å²) in [5, 5.41) is 8.79. The lowest BCUT2D eigenvalue weighted by atomic mass is 9.96. The largest absolute Gasteiger partial charge is 0.478 e. The first-order valence-electron chi connectivity index (χ1n) is 4.61. The van der Waals surface area contributed by atoms with Gasteiger partial charge in [-0.1, -0.05) is 26.0 Å². The predicted molar refractivity (Wildman–Crippen MR) is 55.2 cm³/mol. The molecule has 1 rings (SSSR count). The number of rotatable bonds is 3. The summed E-state index contributed by atoms with van der Waals surface area (Å²) in [4.78, 5) is 10.7. The van der Waals surface area contributed by atoms with E-state index in [-0.39, 0.29) is 6.04 Å². The van der Waals surface area contributed by atoms with Crippen molar-refractivity contribution in [2.75, 3.05) is 0 Å². The van der Waals surface area contributed by atoms with Crippen LogP contribution in [0.5, 0.6) is 0 Å². The van der Waals surface area contributed by atoms with Crippen LogP contribution < -0.4 is 5.73 Å². The van der Waals surface area contributed by atoms with Gasteiger partial charge in [0.1, 0.15) is 0 Å². The van der Waals surface area contributed by atoms with Gasteiger partial charge in [0.15, 0.2) is 0 Å². The van der Waals surface area contributed by atoms with Gasteiger partial charge in [-0.25, -0.2) is 4.79 Å². The number of nitrogens with two attached hydrogens (primary N) is 1. The lowest BCUT2D eigenvalue weighted by Gasteiger charge is -2.16. The summed E-state index contributed by atoms with van der Waals surface area (Å²) >= 11 is 0. The minimum absolute atomic E-state index is 0.103. The van der Waals surface area contributed by atoms with Crippen LogP contribution >= 0.6 is 0 Å². The summed E-state index contributed by atoms with van der Waals surface area (Å²) in [7, 11) is 0. The molecule has 3 nitrogen and oxygen atoms in total. The molecule has 0 bridgehead atoms. The summed E-state index contributed by atoms with van der Waals surface area (Å²) in [6.07, 6.45) is 0. The van der Waals surface area contributed by atoms with E-state index < -0.39 is 5.97 Å². The minimum Gasteiger partial charge on any atom is -0.478 e. The van der Waals surface area contributed by atoms with Crippen LogP contribution in [0.2, 0.25) is 0 Å². The van der Waals surface area contributed by atoms with Crippen molar-refractivity contribution in [2.24, 2.45) is 11.7 Å². The quantitative estimate of drug-likeness (QED) is 0.772. The minimum atomic E-state index is -0.914. The third-order valence-corrected chi connectivity index (χ3v) is 2.24. The van der Waals surface area contributed by atoms with Crippen molar-refractivity contribution in [3.05, 3.63) is 35.4 Å². The first-order chi connectivity index (χ1) is 6.52. The zero-order valence-corrected chi connectivity index (χ0v) is 8.40. The molecule has 14 heavy (non-hydrogen) atoms. The molecule has 1 aromatic rings. The standard InChI is InChI=1S/C11H15NO2/c1-7(2)10(12)8-4-3-5-9(6-8)11(13)14/h3-7,10H,12H2,1-2H3,(H,13,14)/t10-/m0/s1. The Morgan fingerprint density at radius 3 is 2.57 bits per heavy atom. The van der Waals surface area contributed by atoms with Crippen molar-refractivity contribution < 1.29 is 9.90 Å². The van der Waals surface area contributed by atoms with E-state index >= 15 is 0 Å². The average molecular weight is 193 g/mol. The van der Waals surface area contributed by atoms with Gasteiger partial charge in [-0.3, -0.25) is 0 Å². The highest BCUT2D eigenvalue weighted by atomic mass is 16.4. The van der Waals surface area contributed by atoms with E-state index in [1.165, 1.54) is 0 Å². The van der Waals surface area contributed by atoms with E-state index in [0.717, 1.165) is 5.56 Å². The fraction of sp³-hybridized carbons (Fsp3) is 0.364. The van der Waals surface area contributed by atoms with E-state index in [2.05, 4.69) is 0 Å². The monoisotopic (exact) mass is 193 g/mol. The van der Waals surface area contributed by atoms with Crippen molar-refractivity contribution in [1.82, 2.24) is 0 Å². The lowest BCUT2D eigenvalue weighted by molar-refractivity contribution is 0.0696. The smallest absolute Gasteiger partial charge is 0.335 e. The highest BCUT2D eigenvalue weighted by molar-refractivity contribution is 5.87. The van der Waals surface area contributed by atoms with E-state index in [0.29, 0.717) is 11.5 Å². The van der Waals surface area contributed by atoms with E-state index in [1.54, 1.807) is 18.2 Å². The van der Waals surface area contributed by atoms with Crippen molar-refractivity contribution in [2.45, 2.75) is 19.9 Å². The fourth-order valence-electron chi connectivity index (χ4n) is 1.26. The predicted octanol–water partition coefficient (Wildman–Crippen LogP) is 2.04. The number of benzene rings is 1. The van der Waals surface area contributed by atoms with Crippen LogP contribution in [0.15, 0.2) is 24.3 Å². The maximum absolute atomic E-state index is 10.7. The van der Waals surface area contributed by atoms with Gasteiger partial charge in [0.25, 0.3) is 0 Å². The first kappa shape index (κ1) is 10.7. The molecular weight excluding hydrogens is 178 g/mol. The third-order valence-electron chi connectivity index (χ3n) is 2.24. The van der Waals surface area contributed by atoms with Crippen LogP contribution in [0, 0.1) is 5.92 Å². The number of aromatic carboxylic acids is 1. The van der Waals surface area contributed by atoms with E-state index in [9.17, 15) is 4.79 Å². The molecule has 1 atom stereocenters. The molecule has 0 unspecified atom stereocenters. The summed E-state index contributed by atoms with van der Waals surface area (Å²) in [5.41, 5.74) is 7.08. The molecule has 0 radical (unpaired) electrons. The molecule has 3 heteroatoms. The highest BCUT2D eigenvalue weighted by Crippen LogP contribution is 2.19. The van der Waals surface area contributed by atoms with Gasteiger partial charge < -0.3 is 10.8 Å². The van der Waals surface area contributed by atoms with Crippen LogP contribution in [0.3, 0.4) is 0 Å². The number of carboxylic acid groups (broad SMARTS) is 1. The Labute approximate surface area is 83.6 Å². The molecule has 76 valence electrons. The van der Waals surface area contributed by atoms with Crippen molar-refractivity contribution in [1.29, 1.82) is 0 Å². The van der Waals surface area contributed by atoms with E-state index in [1.807, 2.05) is 19.9 Å². The summed E-state index contributed by atoms with van der Waals surface area (Å²) in [5.74, 6) is -0.609. The van der Waals surface area contributed by atoms with Gasteiger partial charge in [0.05, 0.1) is 5.56 Å². The molecule has 0 aliphatic rings. The van der Waals surface area contributed by atoms with Crippen LogP contribution in [0.1, 0.15) is 35.8 Å². The van der Waals surface area contributed by atoms with Gasteiger partial charge >= 0.3 is 5.97 Å². The Bertz CT molecular complexity index is 334. The van der Waals surface area contributed by atoms with Crippen molar-refractivity contribution in [3.63, 3.8) is 0 Å². The molecule has 0 saturated heterocycles. The van der Waals surface area contributed by atoms with Crippen LogP contribution in [-0.2, 0) is 0 Å². The molecule has 0 amide bonds. The highest BCUT2D eigenvalue weighted by Gasteiger charge is 2.12. The van der Waals surface area contributed by atoms with Crippen LogP contribution in [-0.4, -0.2) is 11.1 Å². The Kier molecular flexibility index (Phi) is 3.25. The van der Waals surface area contributed by atoms with Crippen molar-refractivity contribution in [3.8, 4) is 0 Å². The summed E-state index contributed by atoms with van der Waals surface area (Å²) < 4.78 is 0. The Morgan fingerprint density at radius 1 is 1.43 bits per heavy atom. The Hall–Kier alpha value is -1.35. The molecule has 0 saturated carbocycles. The summed E-state index contributed by atoms with van der Waals surface area (Å²) in [6.45, 7) is 4.02. The normalized spacial score (nSPS) is 12.9. The fourth-order valence-corrected chi connectivity index (χ4v) is 1.26. The molecule has 0 spiro atoms. The van der Waals surface area contributed by atoms with Gasteiger partial charge in [-0.15, -0.1) is 0 Å². The number of carboxylic acids is 1. The lowest BCUT2D eigenvalue weighted by Crippen LogP contribution is -2.17. The van der Waals surface area contributed by atoms with E-state index in [4.69, 9.17) is 10.8 Å². The molecule has 0 fully saturated rings. The first-order valence-corrected chi connectivity index (χ1v) is 4.61. The van der Waals surface area contributed by atoms with Crippen LogP contribution in [0.25, 0.3) is 0 Å². The second-order valence-corrected chi connectivity index (χ2v) is 3.70. The molecule has 0 aliphatic heterocycles. The second kappa shape index (κ2) is 4.24. The number of hydrogen-bond donors (Lipinski definition) is 2. The Morgan fingerprint density at radius 2 is 2.07 bits per heavy atom. The SMILES string of the molecule is CC(C)[C@H](N)c1cccc(C(=O)O)c1. The number of carbonyl (C=O) groups is 1. The average Bonchev–Trinajstić information content (AvgIpc) is 2.16. The van der Waals surface area contributed by atoms with Crippen molar-refractivity contribution >= 4 is 5.97 Å². The maximum atomic E-state index is 10.7. The van der Waals surface area contributed by atoms with Gasteiger partial charge in [-0.05, 0) is 23.6 Å². The molecular formula is C11H15NO2. The molecule has 3 N–H and O–H groups in total. The molecule has 0 aliphatic carbocycles. The Balaban J connectivity index is 2.99. The molecule has 1 aromatic carbocycles. The second-order valence-electron chi connectivity index (χ2n) is 3.70. The van der Waals surface area contributed by atoms with Gasteiger partial charge in [0, 0.05) is 6.04 Å². The zero-order chi connectivity index (χ0) is 10.7. The van der Waals surface area contributed by atoms with Gasteiger partial charge in [-0.2, -0.15) is 0 Å². The zero-order valence-electron chi connectivity index (χ0n) is 8.40.